The van der Waals surface area contributed by atoms with Crippen LogP contribution in [-0.2, 0) is 28.5 Å². The summed E-state index contributed by atoms with van der Waals surface area (Å²) in [5, 5.41) is 0. The molecule has 0 radical (unpaired) electrons. The maximum Gasteiger partial charge on any atom is 0.303 e. The van der Waals surface area contributed by atoms with Gasteiger partial charge in [0.2, 0.25) is 0 Å². The van der Waals surface area contributed by atoms with Crippen molar-refractivity contribution in [3.63, 3.8) is 0 Å². The molecule has 1 aliphatic heterocycles. The molecular formula is C11H20O6. The van der Waals surface area contributed by atoms with E-state index in [1.807, 2.05) is 0 Å². The Hall–Kier alpha value is -0.690. The number of hydrogen-bond donors (Lipinski definition) is 0. The van der Waals surface area contributed by atoms with E-state index in [-0.39, 0.29) is 34.5 Å². The van der Waals surface area contributed by atoms with Crippen LogP contribution in [0.2, 0.25) is 0 Å². The number of rotatable bonds is 5. The minimum absolute atomic E-state index is 0.0763. The topological polar surface area (TPSA) is 63.2 Å². The minimum atomic E-state index is -0.797. The average molecular weight is 251 g/mol. The van der Waals surface area contributed by atoms with Crippen molar-refractivity contribution >= 4 is 5.97 Å². The molecule has 0 aromatic rings. The Balaban J connectivity index is 2.80. The van der Waals surface area contributed by atoms with Crippen LogP contribution in [0.15, 0.2) is 0 Å². The second-order valence-corrected chi connectivity index (χ2v) is 3.65. The monoisotopic (exact) mass is 251 g/mol. The van der Waals surface area contributed by atoms with E-state index < -0.39 is 30.4 Å². The van der Waals surface area contributed by atoms with Crippen LogP contribution in [0.3, 0.4) is 0 Å². The second kappa shape index (κ2) is 6.90. The van der Waals surface area contributed by atoms with Crippen LogP contribution in [0.5, 0.6) is 0 Å². The van der Waals surface area contributed by atoms with Crippen LogP contribution >= 0.6 is 0 Å². The summed E-state index contributed by atoms with van der Waals surface area (Å²) in [6, 6.07) is 0. The van der Waals surface area contributed by atoms with E-state index in [0.29, 0.717) is 0 Å². The van der Waals surface area contributed by atoms with Gasteiger partial charge in [0.25, 0.3) is 0 Å². The first-order valence-electron chi connectivity index (χ1n) is 7.23. The lowest BCUT2D eigenvalue weighted by Crippen LogP contribution is -2.57. The van der Waals surface area contributed by atoms with Crippen LogP contribution in [0.25, 0.3) is 0 Å². The predicted octanol–water partition coefficient (Wildman–Crippen LogP) is -0.00670. The molecule has 0 saturated carbocycles. The largest absolute Gasteiger partial charge is 0.457 e. The maximum atomic E-state index is 11.2. The first-order valence-corrected chi connectivity index (χ1v) is 5.11. The van der Waals surface area contributed by atoms with Crippen molar-refractivity contribution in [3.05, 3.63) is 0 Å². The lowest BCUT2D eigenvalue weighted by Gasteiger charge is -2.40. The Morgan fingerprint density at radius 2 is 2.18 bits per heavy atom. The van der Waals surface area contributed by atoms with Gasteiger partial charge in [0.1, 0.15) is 18.3 Å². The van der Waals surface area contributed by atoms with Crippen molar-refractivity contribution in [1.82, 2.24) is 0 Å². The van der Waals surface area contributed by atoms with E-state index >= 15 is 0 Å². The van der Waals surface area contributed by atoms with Crippen molar-refractivity contribution in [1.29, 1.82) is 0 Å². The number of carbonyl (C=O) groups excluding carboxylic acids is 1. The molecule has 0 aromatic heterocycles. The zero-order chi connectivity index (χ0) is 15.0. The summed E-state index contributed by atoms with van der Waals surface area (Å²) in [7, 11) is -0.845. The Bertz CT molecular complexity index is 293. The predicted molar refractivity (Wildman–Crippen MR) is 58.8 cm³/mol. The molecule has 0 aliphatic carbocycles. The molecule has 0 spiro atoms. The zero-order valence-electron chi connectivity index (χ0n) is 12.8. The Morgan fingerprint density at radius 3 is 2.82 bits per heavy atom. The van der Waals surface area contributed by atoms with Crippen LogP contribution in [-0.4, -0.2) is 64.9 Å². The second-order valence-electron chi connectivity index (χ2n) is 3.65. The molecule has 0 unspecified atom stereocenters. The third kappa shape index (κ3) is 3.64. The Labute approximate surface area is 105 Å². The smallest absolute Gasteiger partial charge is 0.303 e. The summed E-state index contributed by atoms with van der Waals surface area (Å²) >= 11 is 0. The molecule has 17 heavy (non-hydrogen) atoms. The molecule has 1 aliphatic rings. The van der Waals surface area contributed by atoms with E-state index in [0.717, 1.165) is 0 Å². The highest BCUT2D eigenvalue weighted by Crippen LogP contribution is 2.23. The number of carbonyl (C=O) groups is 1. The number of hydrogen-bond acceptors (Lipinski definition) is 6. The third-order valence-electron chi connectivity index (χ3n) is 2.52. The highest BCUT2D eigenvalue weighted by Gasteiger charge is 2.43. The fourth-order valence-electron chi connectivity index (χ4n) is 1.77. The van der Waals surface area contributed by atoms with Gasteiger partial charge in [-0.2, -0.15) is 0 Å². The molecule has 1 saturated heterocycles. The summed E-state index contributed by atoms with van der Waals surface area (Å²) in [5.41, 5.74) is 0. The van der Waals surface area contributed by atoms with E-state index in [1.54, 1.807) is 0 Å². The van der Waals surface area contributed by atoms with Gasteiger partial charge >= 0.3 is 5.97 Å². The number of esters is 1. The van der Waals surface area contributed by atoms with Crippen molar-refractivity contribution in [2.45, 2.75) is 31.3 Å². The number of methoxy groups -OCH3 is 3. The Morgan fingerprint density at radius 1 is 1.35 bits per heavy atom. The summed E-state index contributed by atoms with van der Waals surface area (Å²) in [5.74, 6) is -0.514. The van der Waals surface area contributed by atoms with E-state index in [2.05, 4.69) is 0 Å². The van der Waals surface area contributed by atoms with Gasteiger partial charge in [-0.1, -0.05) is 0 Å². The first-order chi connectivity index (χ1) is 9.63. The molecule has 1 rings (SSSR count). The molecule has 4 atom stereocenters. The lowest BCUT2D eigenvalue weighted by molar-refractivity contribution is -0.224. The molecular weight excluding hydrogens is 228 g/mol. The average Bonchev–Trinajstić information content (AvgIpc) is 2.41. The normalized spacial score (nSPS) is 35.7. The molecule has 0 N–H and O–H groups in total. The van der Waals surface area contributed by atoms with Gasteiger partial charge in [0.15, 0.2) is 6.10 Å². The van der Waals surface area contributed by atoms with Gasteiger partial charge in [-0.25, -0.2) is 0 Å². The fourth-order valence-corrected chi connectivity index (χ4v) is 1.77. The standard InChI is InChI=1S/C11H20O6/c1-7(12)17-11-9(5-13-2)16-6-8(14-3)10(11)15-4/h8-11H,5-6H2,1-4H3/t8-,9+,10+,11+/m0/s1/i2D,3D,4D. The molecule has 0 aromatic carbocycles. The molecule has 6 nitrogen and oxygen atoms in total. The molecule has 6 heteroatoms. The summed E-state index contributed by atoms with van der Waals surface area (Å²) in [4.78, 5) is 11.2. The quantitative estimate of drug-likeness (QED) is 0.641. The maximum absolute atomic E-state index is 11.2. The van der Waals surface area contributed by atoms with Gasteiger partial charge in [-0.3, -0.25) is 4.79 Å². The zero-order valence-corrected chi connectivity index (χ0v) is 9.79. The first kappa shape index (κ1) is 10.3. The van der Waals surface area contributed by atoms with Crippen molar-refractivity contribution < 1.29 is 32.6 Å². The van der Waals surface area contributed by atoms with Gasteiger partial charge in [-0.05, 0) is 0 Å². The highest BCUT2D eigenvalue weighted by atomic mass is 16.6. The van der Waals surface area contributed by atoms with Crippen LogP contribution < -0.4 is 0 Å². The van der Waals surface area contributed by atoms with Crippen molar-refractivity contribution in [3.8, 4) is 0 Å². The van der Waals surface area contributed by atoms with E-state index in [4.69, 9.17) is 27.8 Å². The third-order valence-corrected chi connectivity index (χ3v) is 2.52. The van der Waals surface area contributed by atoms with E-state index in [9.17, 15) is 4.79 Å². The molecule has 0 bridgehead atoms. The Kier molecular flexibility index (Phi) is 4.16. The van der Waals surface area contributed by atoms with Crippen LogP contribution in [0.1, 0.15) is 11.0 Å². The lowest BCUT2D eigenvalue weighted by atomic mass is 10.00. The molecule has 0 amide bonds. The highest BCUT2D eigenvalue weighted by molar-refractivity contribution is 5.66. The number of ether oxygens (including phenoxy) is 5. The van der Waals surface area contributed by atoms with Gasteiger partial charge < -0.3 is 23.7 Å². The summed E-state index contributed by atoms with van der Waals surface area (Å²) in [6.45, 7) is 1.48. The summed E-state index contributed by atoms with van der Waals surface area (Å²) in [6.07, 6.45) is -2.68. The van der Waals surface area contributed by atoms with Gasteiger partial charge in [-0.15, -0.1) is 0 Å². The minimum Gasteiger partial charge on any atom is -0.457 e. The fraction of sp³-hybridized carbons (Fsp3) is 0.909. The van der Waals surface area contributed by atoms with Crippen LogP contribution in [0.4, 0.5) is 0 Å². The van der Waals surface area contributed by atoms with Crippen LogP contribution in [0, 0.1) is 0 Å². The van der Waals surface area contributed by atoms with Crippen molar-refractivity contribution in [2.24, 2.45) is 0 Å². The molecule has 100 valence electrons. The van der Waals surface area contributed by atoms with Gasteiger partial charge in [0, 0.05) is 28.2 Å². The van der Waals surface area contributed by atoms with Crippen molar-refractivity contribution in [2.75, 3.05) is 34.5 Å². The molecule has 1 heterocycles. The summed E-state index contributed by atoms with van der Waals surface area (Å²) < 4.78 is 47.3. The van der Waals surface area contributed by atoms with E-state index in [1.165, 1.54) is 6.92 Å². The van der Waals surface area contributed by atoms with Gasteiger partial charge in [0.05, 0.1) is 17.3 Å². The molecule has 1 fully saturated rings. The SMILES string of the molecule is [2H]COC[C@H]1OC[C@H](OC[2H])[C@@H](OC[2H])[C@@H]1OC(C)=O.